The van der Waals surface area contributed by atoms with Crippen molar-refractivity contribution in [2.45, 2.75) is 38.6 Å². The molecular weight excluding hydrogens is 314 g/mol. The van der Waals surface area contributed by atoms with E-state index >= 15 is 0 Å². The van der Waals surface area contributed by atoms with Gasteiger partial charge in [0, 0.05) is 24.5 Å². The van der Waals surface area contributed by atoms with Gasteiger partial charge in [-0.2, -0.15) is 9.40 Å². The Bertz CT molecular complexity index is 744. The van der Waals surface area contributed by atoms with Crippen LogP contribution in [0.2, 0.25) is 0 Å². The normalized spacial score (nSPS) is 19.8. The average molecular weight is 335 g/mol. The van der Waals surface area contributed by atoms with Gasteiger partial charge in [0.25, 0.3) is 0 Å². The molecule has 0 amide bonds. The minimum atomic E-state index is -3.25. The Morgan fingerprint density at radius 3 is 3.00 bits per heavy atom. The van der Waals surface area contributed by atoms with Crippen LogP contribution >= 0.6 is 0 Å². The third-order valence-corrected chi connectivity index (χ3v) is 6.09. The number of nitrogens with zero attached hydrogens (tertiary/aromatic N) is 4. The van der Waals surface area contributed by atoms with E-state index in [0.717, 1.165) is 24.8 Å². The Labute approximate surface area is 136 Å². The Morgan fingerprint density at radius 1 is 1.39 bits per heavy atom. The number of sulfonamides is 1. The van der Waals surface area contributed by atoms with E-state index in [9.17, 15) is 8.42 Å². The van der Waals surface area contributed by atoms with Gasteiger partial charge in [-0.25, -0.2) is 13.4 Å². The zero-order chi connectivity index (χ0) is 16.3. The third kappa shape index (κ3) is 3.42. The van der Waals surface area contributed by atoms with Crippen LogP contribution in [0.3, 0.4) is 0 Å². The maximum Gasteiger partial charge on any atom is 0.214 e. The van der Waals surface area contributed by atoms with E-state index in [1.54, 1.807) is 16.7 Å². The summed E-state index contributed by atoms with van der Waals surface area (Å²) in [6.07, 6.45) is 6.65. The van der Waals surface area contributed by atoms with Gasteiger partial charge in [0.15, 0.2) is 5.82 Å². The van der Waals surface area contributed by atoms with Gasteiger partial charge in [0.1, 0.15) is 5.82 Å². The molecule has 7 nitrogen and oxygen atoms in total. The molecule has 3 rings (SSSR count). The van der Waals surface area contributed by atoms with Gasteiger partial charge in [-0.15, -0.1) is 0 Å². The van der Waals surface area contributed by atoms with Crippen molar-refractivity contribution in [3.8, 4) is 11.4 Å². The summed E-state index contributed by atoms with van der Waals surface area (Å²) in [5.41, 5.74) is 0.814. The Morgan fingerprint density at radius 2 is 2.26 bits per heavy atom. The van der Waals surface area contributed by atoms with Gasteiger partial charge in [0.2, 0.25) is 10.0 Å². The van der Waals surface area contributed by atoms with Crippen molar-refractivity contribution >= 4 is 10.0 Å². The van der Waals surface area contributed by atoms with Gasteiger partial charge in [0.05, 0.1) is 11.8 Å². The van der Waals surface area contributed by atoms with E-state index in [-0.39, 0.29) is 11.8 Å². The van der Waals surface area contributed by atoms with E-state index in [4.69, 9.17) is 0 Å². The number of nitrogens with one attached hydrogen (secondary N) is 1. The van der Waals surface area contributed by atoms with Crippen LogP contribution in [0.25, 0.3) is 11.4 Å². The summed E-state index contributed by atoms with van der Waals surface area (Å²) < 4.78 is 26.6. The molecule has 124 valence electrons. The lowest BCUT2D eigenvalue weighted by Gasteiger charge is -2.33. The number of rotatable bonds is 5. The number of aromatic nitrogens is 4. The number of pyridine rings is 1. The van der Waals surface area contributed by atoms with Gasteiger partial charge in [-0.1, -0.05) is 13.3 Å². The van der Waals surface area contributed by atoms with Crippen molar-refractivity contribution in [2.24, 2.45) is 0 Å². The fourth-order valence-corrected chi connectivity index (χ4v) is 4.68. The fourth-order valence-electron chi connectivity index (χ4n) is 2.93. The van der Waals surface area contributed by atoms with Crippen LogP contribution in [0, 0.1) is 0 Å². The van der Waals surface area contributed by atoms with Crippen molar-refractivity contribution in [3.63, 3.8) is 0 Å². The second-order valence-corrected chi connectivity index (χ2v) is 7.77. The highest BCUT2D eigenvalue weighted by Crippen LogP contribution is 2.32. The molecule has 2 aromatic heterocycles. The second-order valence-electron chi connectivity index (χ2n) is 5.72. The van der Waals surface area contributed by atoms with Crippen LogP contribution < -0.4 is 0 Å². The highest BCUT2D eigenvalue weighted by atomic mass is 32.2. The van der Waals surface area contributed by atoms with E-state index in [2.05, 4.69) is 20.2 Å². The molecular formula is C15H21N5O2S. The van der Waals surface area contributed by atoms with Crippen LogP contribution in [0.1, 0.15) is 44.5 Å². The van der Waals surface area contributed by atoms with E-state index in [0.29, 0.717) is 24.6 Å². The van der Waals surface area contributed by atoms with Crippen molar-refractivity contribution < 1.29 is 8.42 Å². The topological polar surface area (TPSA) is 91.8 Å². The first-order chi connectivity index (χ1) is 11.1. The number of hydrogen-bond donors (Lipinski definition) is 1. The molecule has 1 saturated heterocycles. The number of hydrogen-bond acceptors (Lipinski definition) is 5. The zero-order valence-corrected chi connectivity index (χ0v) is 14.0. The summed E-state index contributed by atoms with van der Waals surface area (Å²) in [6, 6.07) is 3.45. The molecule has 2 aromatic rings. The van der Waals surface area contributed by atoms with Crippen molar-refractivity contribution in [1.82, 2.24) is 24.5 Å². The molecule has 0 bridgehead atoms. The summed E-state index contributed by atoms with van der Waals surface area (Å²) in [5, 5.41) is 7.15. The van der Waals surface area contributed by atoms with Crippen molar-refractivity contribution in [1.29, 1.82) is 0 Å². The molecule has 1 atom stereocenters. The largest absolute Gasteiger partial charge is 0.264 e. The smallest absolute Gasteiger partial charge is 0.214 e. The lowest BCUT2D eigenvalue weighted by atomic mass is 10.0. The van der Waals surface area contributed by atoms with Crippen molar-refractivity contribution in [3.05, 3.63) is 30.4 Å². The van der Waals surface area contributed by atoms with E-state index < -0.39 is 10.0 Å². The zero-order valence-electron chi connectivity index (χ0n) is 13.1. The molecule has 0 spiro atoms. The third-order valence-electron chi connectivity index (χ3n) is 4.01. The predicted octanol–water partition coefficient (Wildman–Crippen LogP) is 2.13. The second kappa shape index (κ2) is 6.76. The molecule has 1 fully saturated rings. The monoisotopic (exact) mass is 335 g/mol. The van der Waals surface area contributed by atoms with Crippen LogP contribution in [0.4, 0.5) is 0 Å². The summed E-state index contributed by atoms with van der Waals surface area (Å²) in [4.78, 5) is 8.58. The molecule has 8 heteroatoms. The number of piperidine rings is 1. The molecule has 1 N–H and O–H groups in total. The van der Waals surface area contributed by atoms with Crippen LogP contribution in [0.15, 0.2) is 24.5 Å². The molecule has 3 heterocycles. The van der Waals surface area contributed by atoms with Gasteiger partial charge < -0.3 is 0 Å². The first kappa shape index (κ1) is 16.1. The number of aromatic amines is 1. The quantitative estimate of drug-likeness (QED) is 0.904. The van der Waals surface area contributed by atoms with E-state index in [1.807, 2.05) is 19.1 Å². The van der Waals surface area contributed by atoms with Crippen LogP contribution in [0.5, 0.6) is 0 Å². The molecule has 1 aliphatic rings. The Kier molecular flexibility index (Phi) is 4.72. The fraction of sp³-hybridized carbons (Fsp3) is 0.533. The highest BCUT2D eigenvalue weighted by molar-refractivity contribution is 7.89. The van der Waals surface area contributed by atoms with Gasteiger partial charge in [-0.05, 0) is 31.4 Å². The van der Waals surface area contributed by atoms with Crippen molar-refractivity contribution in [2.75, 3.05) is 12.3 Å². The van der Waals surface area contributed by atoms with Gasteiger partial charge in [-0.3, -0.25) is 10.1 Å². The Balaban J connectivity index is 1.89. The average Bonchev–Trinajstić information content (AvgIpc) is 3.05. The molecule has 1 unspecified atom stereocenters. The Hall–Kier alpha value is -1.80. The molecule has 0 radical (unpaired) electrons. The first-order valence-corrected chi connectivity index (χ1v) is 9.55. The summed E-state index contributed by atoms with van der Waals surface area (Å²) in [6.45, 7) is 2.43. The van der Waals surface area contributed by atoms with Gasteiger partial charge >= 0.3 is 0 Å². The van der Waals surface area contributed by atoms with Crippen LogP contribution in [-0.2, 0) is 10.0 Å². The van der Waals surface area contributed by atoms with E-state index in [1.165, 1.54) is 0 Å². The maximum absolute atomic E-state index is 12.5. The summed E-state index contributed by atoms with van der Waals surface area (Å²) >= 11 is 0. The first-order valence-electron chi connectivity index (χ1n) is 7.94. The SMILES string of the molecule is CCCS(=O)(=O)N1CCCCC1c1nc(-c2cccnc2)n[nH]1. The van der Waals surface area contributed by atoms with Crippen LogP contribution in [-0.4, -0.2) is 45.2 Å². The molecule has 23 heavy (non-hydrogen) atoms. The highest BCUT2D eigenvalue weighted by Gasteiger charge is 2.34. The number of H-pyrrole nitrogens is 1. The lowest BCUT2D eigenvalue weighted by molar-refractivity contribution is 0.247. The minimum Gasteiger partial charge on any atom is -0.264 e. The maximum atomic E-state index is 12.5. The molecule has 0 aromatic carbocycles. The summed E-state index contributed by atoms with van der Waals surface area (Å²) in [5.74, 6) is 1.34. The predicted molar refractivity (Wildman–Crippen MR) is 87.0 cm³/mol. The minimum absolute atomic E-state index is 0.174. The summed E-state index contributed by atoms with van der Waals surface area (Å²) in [7, 11) is -3.25. The lowest BCUT2D eigenvalue weighted by Crippen LogP contribution is -2.40. The standard InChI is InChI=1S/C15H21N5O2S/c1-2-10-23(21,22)20-9-4-3-7-13(20)15-17-14(18-19-15)12-6-5-8-16-11-12/h5-6,8,11,13H,2-4,7,9-10H2,1H3,(H,17,18,19). The molecule has 1 aliphatic heterocycles. The molecule has 0 aliphatic carbocycles. The molecule has 0 saturated carbocycles.